The molecule has 2 unspecified atom stereocenters. The van der Waals surface area contributed by atoms with Crippen molar-refractivity contribution in [2.75, 3.05) is 19.7 Å². The van der Waals surface area contributed by atoms with E-state index in [0.29, 0.717) is 13.1 Å². The molecule has 0 aromatic carbocycles. The van der Waals surface area contributed by atoms with Crippen LogP contribution in [0.25, 0.3) is 0 Å². The van der Waals surface area contributed by atoms with Crippen molar-refractivity contribution in [2.24, 2.45) is 7.05 Å². The Hall–Kier alpha value is -1.93. The third-order valence-corrected chi connectivity index (χ3v) is 3.45. The fraction of sp³-hybridized carbons (Fsp3) is 0.615. The van der Waals surface area contributed by atoms with Gasteiger partial charge < -0.3 is 14.7 Å². The number of morpholine rings is 1. The van der Waals surface area contributed by atoms with E-state index < -0.39 is 17.4 Å². The van der Waals surface area contributed by atoms with Gasteiger partial charge in [-0.2, -0.15) is 0 Å². The lowest BCUT2D eigenvalue weighted by molar-refractivity contribution is -0.147. The summed E-state index contributed by atoms with van der Waals surface area (Å²) >= 11 is 0. The highest BCUT2D eigenvalue weighted by Gasteiger charge is 2.28. The van der Waals surface area contributed by atoms with Crippen LogP contribution in [0.2, 0.25) is 0 Å². The summed E-state index contributed by atoms with van der Waals surface area (Å²) in [6.07, 6.45) is 0.738. The molecule has 8 nitrogen and oxygen atoms in total. The van der Waals surface area contributed by atoms with E-state index in [2.05, 4.69) is 0 Å². The molecule has 0 bridgehead atoms. The zero-order valence-electron chi connectivity index (χ0n) is 12.1. The maximum Gasteiger partial charge on any atom is 0.331 e. The number of carbonyl (C=O) groups is 1. The largest absolute Gasteiger partial charge is 0.394 e. The standard InChI is InChI=1S/C13H19N3O5/c1-9-5-16(6-10(8-17)21-9)12(19)7-15-4-3-11(18)14(2)13(15)20/h3-4,9-10,17H,5-8H2,1-2H3. The predicted molar refractivity (Wildman–Crippen MR) is 73.9 cm³/mol. The van der Waals surface area contributed by atoms with Crippen LogP contribution in [0.1, 0.15) is 6.92 Å². The minimum atomic E-state index is -0.532. The Balaban J connectivity index is 2.13. The highest BCUT2D eigenvalue weighted by molar-refractivity contribution is 5.76. The molecule has 0 radical (unpaired) electrons. The number of rotatable bonds is 3. The minimum Gasteiger partial charge on any atom is -0.394 e. The Bertz CT molecular complexity index is 635. The fourth-order valence-corrected chi connectivity index (χ4v) is 2.33. The molecule has 21 heavy (non-hydrogen) atoms. The van der Waals surface area contributed by atoms with Crippen molar-refractivity contribution in [3.05, 3.63) is 33.1 Å². The summed E-state index contributed by atoms with van der Waals surface area (Å²) in [5.41, 5.74) is -0.945. The molecule has 1 saturated heterocycles. The summed E-state index contributed by atoms with van der Waals surface area (Å²) in [6.45, 7) is 2.22. The lowest BCUT2D eigenvalue weighted by atomic mass is 10.2. The van der Waals surface area contributed by atoms with Crippen molar-refractivity contribution in [1.82, 2.24) is 14.0 Å². The van der Waals surface area contributed by atoms with Gasteiger partial charge in [-0.1, -0.05) is 0 Å². The van der Waals surface area contributed by atoms with Crippen LogP contribution in [0.5, 0.6) is 0 Å². The van der Waals surface area contributed by atoms with Gasteiger partial charge >= 0.3 is 5.69 Å². The molecular formula is C13H19N3O5. The summed E-state index contributed by atoms with van der Waals surface area (Å²) in [6, 6.07) is 1.24. The maximum absolute atomic E-state index is 12.3. The Morgan fingerprint density at radius 1 is 1.43 bits per heavy atom. The van der Waals surface area contributed by atoms with Crippen molar-refractivity contribution in [3.63, 3.8) is 0 Å². The number of hydrogen-bond acceptors (Lipinski definition) is 5. The molecular weight excluding hydrogens is 278 g/mol. The summed E-state index contributed by atoms with van der Waals surface area (Å²) in [5.74, 6) is -0.246. The van der Waals surface area contributed by atoms with E-state index in [1.807, 2.05) is 6.92 Å². The van der Waals surface area contributed by atoms with Crippen LogP contribution in [0.3, 0.4) is 0 Å². The first-order chi connectivity index (χ1) is 9.92. The average Bonchev–Trinajstić information content (AvgIpc) is 2.47. The molecule has 1 amide bonds. The molecule has 2 atom stereocenters. The van der Waals surface area contributed by atoms with E-state index in [9.17, 15) is 14.4 Å². The second-order valence-electron chi connectivity index (χ2n) is 5.17. The monoisotopic (exact) mass is 297 g/mol. The smallest absolute Gasteiger partial charge is 0.331 e. The third kappa shape index (κ3) is 3.40. The molecule has 1 N–H and O–H groups in total. The van der Waals surface area contributed by atoms with Crippen LogP contribution >= 0.6 is 0 Å². The van der Waals surface area contributed by atoms with Crippen LogP contribution in [-0.2, 0) is 23.1 Å². The van der Waals surface area contributed by atoms with Crippen LogP contribution in [0, 0.1) is 0 Å². The topological polar surface area (TPSA) is 93.8 Å². The van der Waals surface area contributed by atoms with Crippen molar-refractivity contribution in [1.29, 1.82) is 0 Å². The van der Waals surface area contributed by atoms with E-state index in [-0.39, 0.29) is 25.2 Å². The number of carbonyl (C=O) groups excluding carboxylic acids is 1. The average molecular weight is 297 g/mol. The van der Waals surface area contributed by atoms with Gasteiger partial charge in [-0.25, -0.2) is 4.79 Å². The van der Waals surface area contributed by atoms with Crippen LogP contribution in [-0.4, -0.2) is 57.0 Å². The third-order valence-electron chi connectivity index (χ3n) is 3.45. The van der Waals surface area contributed by atoms with Gasteiger partial charge in [0.1, 0.15) is 6.54 Å². The molecule has 116 valence electrons. The van der Waals surface area contributed by atoms with Gasteiger partial charge in [-0.15, -0.1) is 0 Å². The van der Waals surface area contributed by atoms with Gasteiger partial charge in [0.05, 0.1) is 18.8 Å². The van der Waals surface area contributed by atoms with Crippen molar-refractivity contribution in [2.45, 2.75) is 25.7 Å². The molecule has 8 heteroatoms. The number of aliphatic hydroxyl groups is 1. The molecule has 1 fully saturated rings. The lowest BCUT2D eigenvalue weighted by Gasteiger charge is -2.36. The van der Waals surface area contributed by atoms with Gasteiger partial charge in [-0.05, 0) is 6.92 Å². The van der Waals surface area contributed by atoms with E-state index in [1.165, 1.54) is 23.9 Å². The van der Waals surface area contributed by atoms with Crippen LogP contribution < -0.4 is 11.2 Å². The minimum absolute atomic E-state index is 0.141. The van der Waals surface area contributed by atoms with Crippen molar-refractivity contribution in [3.8, 4) is 0 Å². The first kappa shape index (κ1) is 15.5. The number of nitrogens with zero attached hydrogens (tertiary/aromatic N) is 3. The van der Waals surface area contributed by atoms with Crippen molar-refractivity contribution >= 4 is 5.91 Å². The SMILES string of the molecule is CC1CN(C(=O)Cn2ccc(=O)n(C)c2=O)CC(CO)O1. The first-order valence-corrected chi connectivity index (χ1v) is 6.73. The molecule has 1 aliphatic rings. The summed E-state index contributed by atoms with van der Waals surface area (Å²) in [5, 5.41) is 9.15. The Kier molecular flexibility index (Phi) is 4.59. The summed E-state index contributed by atoms with van der Waals surface area (Å²) < 4.78 is 7.61. The van der Waals surface area contributed by atoms with E-state index in [4.69, 9.17) is 9.84 Å². The number of amides is 1. The van der Waals surface area contributed by atoms with Gasteiger partial charge in [0.25, 0.3) is 5.56 Å². The second kappa shape index (κ2) is 6.23. The molecule has 1 aliphatic heterocycles. The Morgan fingerprint density at radius 3 is 2.81 bits per heavy atom. The molecule has 1 aromatic heterocycles. The highest BCUT2D eigenvalue weighted by Crippen LogP contribution is 2.11. The van der Waals surface area contributed by atoms with Crippen LogP contribution in [0.4, 0.5) is 0 Å². The quantitative estimate of drug-likeness (QED) is 0.707. The Morgan fingerprint density at radius 2 is 2.14 bits per heavy atom. The zero-order valence-corrected chi connectivity index (χ0v) is 12.1. The molecule has 2 rings (SSSR count). The fourth-order valence-electron chi connectivity index (χ4n) is 2.33. The van der Waals surface area contributed by atoms with E-state index in [0.717, 1.165) is 4.57 Å². The van der Waals surface area contributed by atoms with E-state index >= 15 is 0 Å². The predicted octanol–water partition coefficient (Wildman–Crippen LogP) is -1.84. The highest BCUT2D eigenvalue weighted by atomic mass is 16.5. The maximum atomic E-state index is 12.3. The Labute approximate surface area is 121 Å². The molecule has 1 aromatic rings. The van der Waals surface area contributed by atoms with Gasteiger partial charge in [-0.3, -0.25) is 18.7 Å². The number of ether oxygens (including phenoxy) is 1. The normalized spacial score (nSPS) is 22.3. The lowest BCUT2D eigenvalue weighted by Crippen LogP contribution is -2.52. The van der Waals surface area contributed by atoms with Gasteiger partial charge in [0, 0.05) is 32.4 Å². The molecule has 0 aliphatic carbocycles. The number of aromatic nitrogens is 2. The molecule has 0 saturated carbocycles. The number of hydrogen-bond donors (Lipinski definition) is 1. The molecule has 2 heterocycles. The van der Waals surface area contributed by atoms with Gasteiger partial charge in [0.2, 0.25) is 5.91 Å². The summed E-state index contributed by atoms with van der Waals surface area (Å²) in [4.78, 5) is 37.0. The zero-order chi connectivity index (χ0) is 15.6. The second-order valence-corrected chi connectivity index (χ2v) is 5.17. The first-order valence-electron chi connectivity index (χ1n) is 6.73. The van der Waals surface area contributed by atoms with Crippen molar-refractivity contribution < 1.29 is 14.6 Å². The van der Waals surface area contributed by atoms with Gasteiger partial charge in [0.15, 0.2) is 0 Å². The molecule has 0 spiro atoms. The van der Waals surface area contributed by atoms with E-state index in [1.54, 1.807) is 4.90 Å². The number of aliphatic hydroxyl groups excluding tert-OH is 1. The summed E-state index contributed by atoms with van der Waals surface area (Å²) in [7, 11) is 1.37. The van der Waals surface area contributed by atoms with Crippen LogP contribution in [0.15, 0.2) is 21.9 Å².